The zero-order valence-corrected chi connectivity index (χ0v) is 9.35. The summed E-state index contributed by atoms with van der Waals surface area (Å²) in [5.74, 6) is 0.833. The largest absolute Gasteiger partial charge is 0.508 e. The minimum atomic E-state index is -0.603. The van der Waals surface area contributed by atoms with Gasteiger partial charge < -0.3 is 14.9 Å². The predicted molar refractivity (Wildman–Crippen MR) is 62.9 cm³/mol. The fourth-order valence-corrected chi connectivity index (χ4v) is 1.98. The lowest BCUT2D eigenvalue weighted by Gasteiger charge is -2.10. The van der Waals surface area contributed by atoms with Crippen molar-refractivity contribution in [1.82, 2.24) is 0 Å². The Morgan fingerprint density at radius 3 is 2.56 bits per heavy atom. The van der Waals surface area contributed by atoms with Crippen LogP contribution in [0.4, 0.5) is 0 Å². The maximum absolute atomic E-state index is 9.76. The molecule has 2 aromatic rings. The summed E-state index contributed by atoms with van der Waals surface area (Å²) >= 11 is 1.50. The number of hydrogen-bond acceptors (Lipinski definition) is 4. The van der Waals surface area contributed by atoms with Gasteiger partial charge in [0, 0.05) is 4.88 Å². The van der Waals surface area contributed by atoms with Crippen molar-refractivity contribution < 1.29 is 14.9 Å². The second kappa shape index (κ2) is 5.01. The first-order chi connectivity index (χ1) is 7.75. The fraction of sp³-hybridized carbons (Fsp3) is 0.167. The standard InChI is InChI=1S/C12H12O3S/c13-9-3-5-10(6-4-9)15-8-11(14)12-2-1-7-16-12/h1-7,11,13-14H,8H2. The molecule has 1 heterocycles. The smallest absolute Gasteiger partial charge is 0.122 e. The fourth-order valence-electron chi connectivity index (χ4n) is 1.28. The molecule has 0 saturated carbocycles. The van der Waals surface area contributed by atoms with Gasteiger partial charge in [-0.15, -0.1) is 11.3 Å². The molecule has 0 aliphatic heterocycles. The van der Waals surface area contributed by atoms with E-state index in [1.807, 2.05) is 17.5 Å². The summed E-state index contributed by atoms with van der Waals surface area (Å²) in [7, 11) is 0. The van der Waals surface area contributed by atoms with Crippen LogP contribution in [-0.2, 0) is 0 Å². The lowest BCUT2D eigenvalue weighted by molar-refractivity contribution is 0.111. The summed E-state index contributed by atoms with van der Waals surface area (Å²) in [6.45, 7) is 0.214. The average molecular weight is 236 g/mol. The number of phenols is 1. The van der Waals surface area contributed by atoms with Crippen LogP contribution in [0, 0.1) is 0 Å². The second-order valence-corrected chi connectivity index (χ2v) is 4.32. The van der Waals surface area contributed by atoms with Crippen molar-refractivity contribution in [2.24, 2.45) is 0 Å². The highest BCUT2D eigenvalue weighted by Gasteiger charge is 2.08. The molecular formula is C12H12O3S. The zero-order chi connectivity index (χ0) is 11.4. The number of phenolic OH excluding ortho intramolecular Hbond substituents is 1. The van der Waals surface area contributed by atoms with Gasteiger partial charge in [0.2, 0.25) is 0 Å². The van der Waals surface area contributed by atoms with Crippen molar-refractivity contribution in [2.45, 2.75) is 6.10 Å². The average Bonchev–Trinajstić information content (AvgIpc) is 2.81. The first-order valence-electron chi connectivity index (χ1n) is 4.89. The molecule has 0 spiro atoms. The van der Waals surface area contributed by atoms with Gasteiger partial charge >= 0.3 is 0 Å². The summed E-state index contributed by atoms with van der Waals surface area (Å²) in [5.41, 5.74) is 0. The monoisotopic (exact) mass is 236 g/mol. The molecule has 1 aromatic carbocycles. The minimum absolute atomic E-state index is 0.200. The Morgan fingerprint density at radius 2 is 1.94 bits per heavy atom. The number of thiophene rings is 1. The first kappa shape index (κ1) is 11.0. The van der Waals surface area contributed by atoms with Gasteiger partial charge in [0.15, 0.2) is 0 Å². The van der Waals surface area contributed by atoms with Gasteiger partial charge in [-0.2, -0.15) is 0 Å². The third-order valence-electron chi connectivity index (χ3n) is 2.12. The molecule has 0 radical (unpaired) electrons. The van der Waals surface area contributed by atoms with Gasteiger partial charge in [0.25, 0.3) is 0 Å². The van der Waals surface area contributed by atoms with Gasteiger partial charge in [-0.3, -0.25) is 0 Å². The van der Waals surface area contributed by atoms with Crippen LogP contribution in [0.25, 0.3) is 0 Å². The normalized spacial score (nSPS) is 12.3. The van der Waals surface area contributed by atoms with Crippen molar-refractivity contribution in [1.29, 1.82) is 0 Å². The summed E-state index contributed by atoms with van der Waals surface area (Å²) in [4.78, 5) is 0.888. The Morgan fingerprint density at radius 1 is 1.19 bits per heavy atom. The van der Waals surface area contributed by atoms with E-state index in [2.05, 4.69) is 0 Å². The highest BCUT2D eigenvalue weighted by atomic mass is 32.1. The van der Waals surface area contributed by atoms with Crippen molar-refractivity contribution >= 4 is 11.3 Å². The number of benzene rings is 1. The van der Waals surface area contributed by atoms with Gasteiger partial charge in [-0.1, -0.05) is 6.07 Å². The molecule has 0 fully saturated rings. The Hall–Kier alpha value is -1.52. The van der Waals surface area contributed by atoms with Gasteiger partial charge in [-0.25, -0.2) is 0 Å². The SMILES string of the molecule is Oc1ccc(OCC(O)c2cccs2)cc1. The molecule has 0 aliphatic rings. The molecule has 1 unspecified atom stereocenters. The third-order valence-corrected chi connectivity index (χ3v) is 3.09. The van der Waals surface area contributed by atoms with E-state index in [0.29, 0.717) is 5.75 Å². The molecule has 16 heavy (non-hydrogen) atoms. The summed E-state index contributed by atoms with van der Waals surface area (Å²) < 4.78 is 5.39. The van der Waals surface area contributed by atoms with E-state index in [0.717, 1.165) is 4.88 Å². The van der Waals surface area contributed by atoms with E-state index in [1.165, 1.54) is 11.3 Å². The predicted octanol–water partition coefficient (Wildman–Crippen LogP) is 2.57. The van der Waals surface area contributed by atoms with E-state index in [-0.39, 0.29) is 12.4 Å². The van der Waals surface area contributed by atoms with E-state index < -0.39 is 6.10 Å². The first-order valence-corrected chi connectivity index (χ1v) is 5.77. The van der Waals surface area contributed by atoms with E-state index in [4.69, 9.17) is 9.84 Å². The molecule has 2 rings (SSSR count). The quantitative estimate of drug-likeness (QED) is 0.857. The number of aromatic hydroxyl groups is 1. The molecule has 84 valence electrons. The molecule has 4 heteroatoms. The van der Waals surface area contributed by atoms with Crippen molar-refractivity contribution in [3.05, 3.63) is 46.7 Å². The lowest BCUT2D eigenvalue weighted by atomic mass is 10.3. The lowest BCUT2D eigenvalue weighted by Crippen LogP contribution is -2.08. The van der Waals surface area contributed by atoms with Crippen LogP contribution < -0.4 is 4.74 Å². The topological polar surface area (TPSA) is 49.7 Å². The van der Waals surface area contributed by atoms with Crippen LogP contribution in [0.5, 0.6) is 11.5 Å². The Balaban J connectivity index is 1.90. The van der Waals surface area contributed by atoms with E-state index >= 15 is 0 Å². The van der Waals surface area contributed by atoms with Crippen LogP contribution in [-0.4, -0.2) is 16.8 Å². The van der Waals surface area contributed by atoms with Crippen LogP contribution in [0.15, 0.2) is 41.8 Å². The second-order valence-electron chi connectivity index (χ2n) is 3.34. The van der Waals surface area contributed by atoms with Crippen LogP contribution >= 0.6 is 11.3 Å². The Labute approximate surface area is 97.6 Å². The molecule has 3 nitrogen and oxygen atoms in total. The van der Waals surface area contributed by atoms with Crippen LogP contribution in [0.2, 0.25) is 0 Å². The van der Waals surface area contributed by atoms with Gasteiger partial charge in [0.1, 0.15) is 24.2 Å². The summed E-state index contributed by atoms with van der Waals surface area (Å²) in [6.07, 6.45) is -0.603. The van der Waals surface area contributed by atoms with Crippen LogP contribution in [0.1, 0.15) is 11.0 Å². The number of aliphatic hydroxyl groups excluding tert-OH is 1. The molecule has 1 atom stereocenters. The molecule has 0 amide bonds. The zero-order valence-electron chi connectivity index (χ0n) is 8.54. The van der Waals surface area contributed by atoms with Crippen molar-refractivity contribution in [3.63, 3.8) is 0 Å². The van der Waals surface area contributed by atoms with Crippen molar-refractivity contribution in [3.8, 4) is 11.5 Å². The molecule has 0 saturated heterocycles. The van der Waals surface area contributed by atoms with Gasteiger partial charge in [-0.05, 0) is 35.7 Å². The van der Waals surface area contributed by atoms with E-state index in [1.54, 1.807) is 24.3 Å². The highest BCUT2D eigenvalue weighted by molar-refractivity contribution is 7.10. The summed E-state index contributed by atoms with van der Waals surface area (Å²) in [6, 6.07) is 10.2. The van der Waals surface area contributed by atoms with E-state index in [9.17, 15) is 5.11 Å². The number of hydrogen-bond donors (Lipinski definition) is 2. The van der Waals surface area contributed by atoms with Gasteiger partial charge in [0.05, 0.1) is 0 Å². The minimum Gasteiger partial charge on any atom is -0.508 e. The van der Waals surface area contributed by atoms with Crippen molar-refractivity contribution in [2.75, 3.05) is 6.61 Å². The maximum atomic E-state index is 9.76. The summed E-state index contributed by atoms with van der Waals surface area (Å²) in [5, 5.41) is 20.8. The molecule has 0 bridgehead atoms. The molecule has 2 N–H and O–H groups in total. The molecule has 0 aliphatic carbocycles. The Bertz CT molecular complexity index is 422. The number of ether oxygens (including phenoxy) is 1. The maximum Gasteiger partial charge on any atom is 0.122 e. The number of aliphatic hydroxyl groups is 1. The molecular weight excluding hydrogens is 224 g/mol. The highest BCUT2D eigenvalue weighted by Crippen LogP contribution is 2.21. The third kappa shape index (κ3) is 2.74. The Kier molecular flexibility index (Phi) is 3.44. The number of rotatable bonds is 4. The molecule has 1 aromatic heterocycles. The van der Waals surface area contributed by atoms with Crippen LogP contribution in [0.3, 0.4) is 0 Å².